The highest BCUT2D eigenvalue weighted by molar-refractivity contribution is 5.47. The molecule has 2 aliphatic rings. The molecule has 0 bridgehead atoms. The normalized spacial score (nSPS) is 22.1. The minimum Gasteiger partial charge on any atom is -0.374 e. The molecule has 77 valence electrons. The van der Waals surface area contributed by atoms with Crippen LogP contribution in [-0.4, -0.2) is 5.54 Å². The predicted molar refractivity (Wildman–Crippen MR) is 62.5 cm³/mol. The van der Waals surface area contributed by atoms with Gasteiger partial charge in [0, 0.05) is 5.22 Å². The zero-order valence-electron chi connectivity index (χ0n) is 8.92. The lowest BCUT2D eigenvalue weighted by molar-refractivity contribution is 0.342. The maximum atomic E-state index is 3.49. The van der Waals surface area contributed by atoms with Crippen LogP contribution in [0.3, 0.4) is 0 Å². The van der Waals surface area contributed by atoms with Crippen molar-refractivity contribution in [3.05, 3.63) is 34.7 Å². The quantitative estimate of drug-likeness (QED) is 0.664. The number of benzene rings is 1. The highest BCUT2D eigenvalue weighted by atomic mass is 15.0. The molecule has 0 atom stereocenters. The lowest BCUT2D eigenvalue weighted by Gasteiger charge is -2.36. The second kappa shape index (κ2) is 3.41. The summed E-state index contributed by atoms with van der Waals surface area (Å²) in [4.78, 5) is 0. The second-order valence-corrected chi connectivity index (χ2v) is 4.70. The molecule has 1 spiro atoms. The molecule has 1 aromatic rings. The fraction of sp³-hybridized carbons (Fsp3) is 0.429. The van der Waals surface area contributed by atoms with Crippen molar-refractivity contribution >= 4 is 12.3 Å². The van der Waals surface area contributed by atoms with Crippen molar-refractivity contribution in [2.24, 2.45) is 0 Å². The lowest BCUT2D eigenvalue weighted by atomic mass is 9.80. The minimum absolute atomic E-state index is 0.215. The SMILES string of the molecule is [C]1=c2ccccc2=CC2(CCCCC2)N1. The summed E-state index contributed by atoms with van der Waals surface area (Å²) in [6.45, 7) is 0. The van der Waals surface area contributed by atoms with Gasteiger partial charge in [-0.3, -0.25) is 0 Å². The van der Waals surface area contributed by atoms with Crippen molar-refractivity contribution in [2.75, 3.05) is 0 Å². The average Bonchev–Trinajstić information content (AvgIpc) is 2.30. The number of hydrogen-bond acceptors (Lipinski definition) is 1. The maximum absolute atomic E-state index is 3.49. The molecule has 1 saturated carbocycles. The van der Waals surface area contributed by atoms with Gasteiger partial charge in [-0.05, 0) is 18.1 Å². The van der Waals surface area contributed by atoms with Crippen molar-refractivity contribution in [3.8, 4) is 0 Å². The van der Waals surface area contributed by atoms with Crippen LogP contribution in [0.25, 0.3) is 12.3 Å². The molecule has 1 fully saturated rings. The van der Waals surface area contributed by atoms with E-state index in [1.165, 1.54) is 42.5 Å². The molecule has 1 aliphatic heterocycles. The molecule has 0 amide bonds. The van der Waals surface area contributed by atoms with Gasteiger partial charge in [-0.2, -0.15) is 0 Å². The van der Waals surface area contributed by atoms with Gasteiger partial charge in [0.05, 0.1) is 11.7 Å². The molecular formula is C14H16N. The van der Waals surface area contributed by atoms with Crippen molar-refractivity contribution in [1.29, 1.82) is 0 Å². The van der Waals surface area contributed by atoms with E-state index in [1.807, 2.05) is 0 Å². The highest BCUT2D eigenvalue weighted by Gasteiger charge is 2.29. The van der Waals surface area contributed by atoms with Crippen LogP contribution in [0.2, 0.25) is 0 Å². The van der Waals surface area contributed by atoms with Crippen LogP contribution in [0.15, 0.2) is 24.3 Å². The molecule has 15 heavy (non-hydrogen) atoms. The van der Waals surface area contributed by atoms with E-state index in [1.54, 1.807) is 0 Å². The van der Waals surface area contributed by atoms with Gasteiger partial charge in [0.2, 0.25) is 0 Å². The largest absolute Gasteiger partial charge is 0.374 e. The Kier molecular flexibility index (Phi) is 2.05. The van der Waals surface area contributed by atoms with E-state index in [2.05, 4.69) is 41.9 Å². The molecule has 1 heteroatoms. The summed E-state index contributed by atoms with van der Waals surface area (Å²) in [7, 11) is 0. The minimum atomic E-state index is 0.215. The van der Waals surface area contributed by atoms with Crippen LogP contribution in [0.5, 0.6) is 0 Å². The molecule has 1 aromatic carbocycles. The zero-order valence-corrected chi connectivity index (χ0v) is 8.92. The van der Waals surface area contributed by atoms with Crippen LogP contribution in [0.4, 0.5) is 0 Å². The fourth-order valence-electron chi connectivity index (χ4n) is 2.71. The van der Waals surface area contributed by atoms with Gasteiger partial charge >= 0.3 is 0 Å². The van der Waals surface area contributed by atoms with E-state index in [4.69, 9.17) is 0 Å². The van der Waals surface area contributed by atoms with Crippen LogP contribution >= 0.6 is 0 Å². The van der Waals surface area contributed by atoms with Gasteiger partial charge < -0.3 is 5.32 Å². The topological polar surface area (TPSA) is 12.0 Å². The Morgan fingerprint density at radius 3 is 2.73 bits per heavy atom. The molecule has 0 aromatic heterocycles. The first-order valence-corrected chi connectivity index (χ1v) is 5.86. The summed E-state index contributed by atoms with van der Waals surface area (Å²) >= 11 is 0. The molecule has 1 heterocycles. The van der Waals surface area contributed by atoms with Crippen LogP contribution in [0, 0.1) is 0 Å². The summed E-state index contributed by atoms with van der Waals surface area (Å²) in [5.74, 6) is 0. The van der Waals surface area contributed by atoms with Gasteiger partial charge in [-0.15, -0.1) is 0 Å². The van der Waals surface area contributed by atoms with Crippen molar-refractivity contribution in [3.63, 3.8) is 0 Å². The Bertz CT molecular complexity index is 466. The first-order chi connectivity index (χ1) is 7.38. The van der Waals surface area contributed by atoms with Crippen LogP contribution < -0.4 is 15.8 Å². The molecule has 1 nitrogen and oxygen atoms in total. The molecule has 1 aliphatic carbocycles. The van der Waals surface area contributed by atoms with E-state index >= 15 is 0 Å². The molecule has 1 N–H and O–H groups in total. The summed E-state index contributed by atoms with van der Waals surface area (Å²) < 4.78 is 0. The monoisotopic (exact) mass is 198 g/mol. The van der Waals surface area contributed by atoms with Gasteiger partial charge in [0.25, 0.3) is 0 Å². The number of hydrogen-bond donors (Lipinski definition) is 1. The lowest BCUT2D eigenvalue weighted by Crippen LogP contribution is -2.49. The van der Waals surface area contributed by atoms with E-state index in [9.17, 15) is 0 Å². The van der Waals surface area contributed by atoms with Gasteiger partial charge in [-0.25, -0.2) is 0 Å². The van der Waals surface area contributed by atoms with Crippen molar-refractivity contribution in [1.82, 2.24) is 5.32 Å². The van der Waals surface area contributed by atoms with Crippen molar-refractivity contribution in [2.45, 2.75) is 37.6 Å². The first-order valence-electron chi connectivity index (χ1n) is 5.86. The predicted octanol–water partition coefficient (Wildman–Crippen LogP) is 1.39. The van der Waals surface area contributed by atoms with E-state index in [-0.39, 0.29) is 5.54 Å². The Balaban J connectivity index is 2.08. The second-order valence-electron chi connectivity index (χ2n) is 4.70. The Labute approximate surface area is 90.5 Å². The van der Waals surface area contributed by atoms with Gasteiger partial charge in [0.1, 0.15) is 0 Å². The molecule has 0 unspecified atom stereocenters. The fourth-order valence-corrected chi connectivity index (χ4v) is 2.71. The standard InChI is InChI=1S/C14H16N/c1-4-8-14(9-5-1)10-12-6-2-3-7-13(12)11-15-14/h2-3,6-7,10,15H,1,4-5,8-9H2. The Hall–Kier alpha value is -1.24. The van der Waals surface area contributed by atoms with E-state index in [0.29, 0.717) is 0 Å². The zero-order chi connectivity index (χ0) is 10.1. The molecule has 0 saturated heterocycles. The van der Waals surface area contributed by atoms with Crippen LogP contribution in [-0.2, 0) is 0 Å². The van der Waals surface area contributed by atoms with Crippen molar-refractivity contribution < 1.29 is 0 Å². The third kappa shape index (κ3) is 1.56. The molecule has 1 radical (unpaired) electrons. The maximum Gasteiger partial charge on any atom is 0.0669 e. The molecular weight excluding hydrogens is 182 g/mol. The first kappa shape index (κ1) is 9.02. The summed E-state index contributed by atoms with van der Waals surface area (Å²) in [6.07, 6.45) is 12.3. The Morgan fingerprint density at radius 1 is 1.07 bits per heavy atom. The third-order valence-electron chi connectivity index (χ3n) is 3.58. The Morgan fingerprint density at radius 2 is 1.87 bits per heavy atom. The number of rotatable bonds is 0. The number of nitrogens with one attached hydrogen (secondary N) is 1. The van der Waals surface area contributed by atoms with Gasteiger partial charge in [-0.1, -0.05) is 49.6 Å². The smallest absolute Gasteiger partial charge is 0.0669 e. The van der Waals surface area contributed by atoms with Crippen LogP contribution in [0.1, 0.15) is 32.1 Å². The third-order valence-corrected chi connectivity index (χ3v) is 3.58. The summed E-state index contributed by atoms with van der Waals surface area (Å²) in [5, 5.41) is 6.03. The average molecular weight is 198 g/mol. The highest BCUT2D eigenvalue weighted by Crippen LogP contribution is 2.29. The summed E-state index contributed by atoms with van der Waals surface area (Å²) in [5.41, 5.74) is 0.215. The van der Waals surface area contributed by atoms with Gasteiger partial charge in [0.15, 0.2) is 0 Å². The molecule has 3 rings (SSSR count). The van der Waals surface area contributed by atoms with E-state index < -0.39 is 0 Å². The summed E-state index contributed by atoms with van der Waals surface area (Å²) in [6, 6.07) is 8.49. The van der Waals surface area contributed by atoms with E-state index in [0.717, 1.165) is 0 Å². The number of fused-ring (bicyclic) bond motifs is 1.